The number of likely N-dealkylation sites (N-methyl/N-ethyl adjacent to an activating group) is 2. The van der Waals surface area contributed by atoms with Gasteiger partial charge in [-0.1, -0.05) is 6.07 Å². The van der Waals surface area contributed by atoms with E-state index in [1.807, 2.05) is 39.1 Å². The van der Waals surface area contributed by atoms with Crippen molar-refractivity contribution in [1.82, 2.24) is 5.32 Å². The Kier molecular flexibility index (Phi) is 7.02. The van der Waals surface area contributed by atoms with Crippen LogP contribution in [0.4, 0.5) is 0 Å². The average Bonchev–Trinajstić information content (AvgIpc) is 2.51. The van der Waals surface area contributed by atoms with Crippen molar-refractivity contribution in [3.8, 4) is 11.5 Å². The van der Waals surface area contributed by atoms with E-state index in [1.54, 1.807) is 14.2 Å². The molecular weight excluding hydrogens is 268 g/mol. The molecule has 1 unspecified atom stereocenters. The van der Waals surface area contributed by atoms with E-state index in [-0.39, 0.29) is 11.9 Å². The van der Waals surface area contributed by atoms with E-state index in [1.165, 1.54) is 10.5 Å². The summed E-state index contributed by atoms with van der Waals surface area (Å²) in [4.78, 5) is 13.0. The molecule has 5 nitrogen and oxygen atoms in total. The van der Waals surface area contributed by atoms with Gasteiger partial charge in [0.15, 0.2) is 17.5 Å². The monoisotopic (exact) mass is 295 g/mol. The molecule has 1 amide bonds. The lowest BCUT2D eigenvalue weighted by Gasteiger charge is -2.21. The van der Waals surface area contributed by atoms with Crippen molar-refractivity contribution in [2.24, 2.45) is 0 Å². The maximum absolute atomic E-state index is 11.8. The number of quaternary nitrogens is 1. The van der Waals surface area contributed by atoms with Crippen LogP contribution in [0.3, 0.4) is 0 Å². The highest BCUT2D eigenvalue weighted by molar-refractivity contribution is 5.79. The average molecular weight is 295 g/mol. The van der Waals surface area contributed by atoms with Crippen LogP contribution in [-0.4, -0.2) is 46.3 Å². The number of carbonyl (C=O) groups excluding carboxylic acids is 1. The summed E-state index contributed by atoms with van der Waals surface area (Å²) in [5.41, 5.74) is 1.18. The SMILES string of the molecule is CCNC(=O)[C@H](C)[NH+](C)CCc1ccc(OC)c(OC)c1. The molecule has 0 aliphatic heterocycles. The van der Waals surface area contributed by atoms with E-state index >= 15 is 0 Å². The topological polar surface area (TPSA) is 52.0 Å². The number of hydrogen-bond acceptors (Lipinski definition) is 3. The van der Waals surface area contributed by atoms with Crippen LogP contribution in [0.1, 0.15) is 19.4 Å². The zero-order valence-corrected chi connectivity index (χ0v) is 13.7. The van der Waals surface area contributed by atoms with Crippen molar-refractivity contribution in [1.29, 1.82) is 0 Å². The summed E-state index contributed by atoms with van der Waals surface area (Å²) < 4.78 is 10.5. The summed E-state index contributed by atoms with van der Waals surface area (Å²) in [7, 11) is 5.31. The largest absolute Gasteiger partial charge is 0.493 e. The molecule has 21 heavy (non-hydrogen) atoms. The molecule has 0 bridgehead atoms. The smallest absolute Gasteiger partial charge is 0.277 e. The Morgan fingerprint density at radius 3 is 2.52 bits per heavy atom. The van der Waals surface area contributed by atoms with Gasteiger partial charge in [-0.2, -0.15) is 0 Å². The van der Waals surface area contributed by atoms with Crippen LogP contribution in [0, 0.1) is 0 Å². The van der Waals surface area contributed by atoms with Gasteiger partial charge < -0.3 is 19.7 Å². The Bertz CT molecular complexity index is 463. The molecule has 2 N–H and O–H groups in total. The minimum absolute atomic E-state index is 0.0508. The highest BCUT2D eigenvalue weighted by atomic mass is 16.5. The maximum atomic E-state index is 11.8. The second-order valence-electron chi connectivity index (χ2n) is 5.15. The molecule has 0 fully saturated rings. The minimum Gasteiger partial charge on any atom is -0.493 e. The fraction of sp³-hybridized carbons (Fsp3) is 0.562. The third kappa shape index (κ3) is 4.93. The third-order valence-corrected chi connectivity index (χ3v) is 3.74. The standard InChI is InChI=1S/C16H26N2O3/c1-6-17-16(19)12(2)18(3)10-9-13-7-8-14(20-4)15(11-13)21-5/h7-8,11-12H,6,9-10H2,1-5H3,(H,17,19)/p+1/t12-/m0/s1. The van der Waals surface area contributed by atoms with Crippen LogP contribution in [0.2, 0.25) is 0 Å². The minimum atomic E-state index is -0.0508. The molecule has 1 aromatic rings. The Balaban J connectivity index is 2.60. The first-order chi connectivity index (χ1) is 10.0. The first kappa shape index (κ1) is 17.3. The first-order valence-corrected chi connectivity index (χ1v) is 7.34. The molecule has 0 heterocycles. The normalized spacial score (nSPS) is 13.4. The summed E-state index contributed by atoms with van der Waals surface area (Å²) >= 11 is 0. The lowest BCUT2D eigenvalue weighted by atomic mass is 10.1. The summed E-state index contributed by atoms with van der Waals surface area (Å²) in [6.45, 7) is 5.44. The Labute approximate surface area is 127 Å². The van der Waals surface area contributed by atoms with Crippen molar-refractivity contribution in [3.05, 3.63) is 23.8 Å². The fourth-order valence-corrected chi connectivity index (χ4v) is 2.15. The molecule has 0 aliphatic rings. The van der Waals surface area contributed by atoms with Gasteiger partial charge in [0.05, 0.1) is 27.8 Å². The van der Waals surface area contributed by atoms with Gasteiger partial charge in [-0.05, 0) is 31.5 Å². The lowest BCUT2D eigenvalue weighted by Crippen LogP contribution is -3.14. The number of methoxy groups -OCH3 is 2. The van der Waals surface area contributed by atoms with Gasteiger partial charge in [0.25, 0.3) is 5.91 Å². The van der Waals surface area contributed by atoms with Gasteiger partial charge in [0.1, 0.15) is 0 Å². The molecule has 2 atom stereocenters. The van der Waals surface area contributed by atoms with E-state index in [0.29, 0.717) is 6.54 Å². The van der Waals surface area contributed by atoms with Crippen molar-refractivity contribution < 1.29 is 19.2 Å². The molecule has 0 saturated carbocycles. The van der Waals surface area contributed by atoms with Crippen LogP contribution in [0.25, 0.3) is 0 Å². The molecule has 5 heteroatoms. The van der Waals surface area contributed by atoms with Gasteiger partial charge in [-0.3, -0.25) is 4.79 Å². The molecule has 0 radical (unpaired) electrons. The van der Waals surface area contributed by atoms with Crippen molar-refractivity contribution in [3.63, 3.8) is 0 Å². The first-order valence-electron chi connectivity index (χ1n) is 7.34. The molecule has 0 spiro atoms. The fourth-order valence-electron chi connectivity index (χ4n) is 2.15. The Morgan fingerprint density at radius 1 is 1.29 bits per heavy atom. The van der Waals surface area contributed by atoms with Crippen LogP contribution in [-0.2, 0) is 11.2 Å². The number of ether oxygens (including phenoxy) is 2. The van der Waals surface area contributed by atoms with Gasteiger partial charge >= 0.3 is 0 Å². The highest BCUT2D eigenvalue weighted by Gasteiger charge is 2.20. The molecule has 118 valence electrons. The summed E-state index contributed by atoms with van der Waals surface area (Å²) in [6.07, 6.45) is 0.885. The predicted octanol–water partition coefficient (Wildman–Crippen LogP) is 0.286. The van der Waals surface area contributed by atoms with Crippen LogP contribution < -0.4 is 19.7 Å². The lowest BCUT2D eigenvalue weighted by molar-refractivity contribution is -0.894. The summed E-state index contributed by atoms with van der Waals surface area (Å²) in [5, 5.41) is 2.86. The number of hydrogen-bond donors (Lipinski definition) is 2. The number of rotatable bonds is 8. The van der Waals surface area contributed by atoms with E-state index in [2.05, 4.69) is 5.32 Å². The van der Waals surface area contributed by atoms with E-state index in [0.717, 1.165) is 24.5 Å². The van der Waals surface area contributed by atoms with Crippen molar-refractivity contribution in [2.45, 2.75) is 26.3 Å². The van der Waals surface area contributed by atoms with E-state index < -0.39 is 0 Å². The Hall–Kier alpha value is -1.75. The van der Waals surface area contributed by atoms with Gasteiger partial charge in [0, 0.05) is 13.0 Å². The maximum Gasteiger partial charge on any atom is 0.277 e. The molecule has 1 aromatic carbocycles. The van der Waals surface area contributed by atoms with Crippen molar-refractivity contribution in [2.75, 3.05) is 34.4 Å². The zero-order valence-electron chi connectivity index (χ0n) is 13.7. The van der Waals surface area contributed by atoms with Crippen LogP contribution >= 0.6 is 0 Å². The highest BCUT2D eigenvalue weighted by Crippen LogP contribution is 2.27. The van der Waals surface area contributed by atoms with E-state index in [4.69, 9.17) is 9.47 Å². The number of carbonyl (C=O) groups is 1. The number of amides is 1. The third-order valence-electron chi connectivity index (χ3n) is 3.74. The van der Waals surface area contributed by atoms with Crippen molar-refractivity contribution >= 4 is 5.91 Å². The van der Waals surface area contributed by atoms with Crippen LogP contribution in [0.15, 0.2) is 18.2 Å². The Morgan fingerprint density at radius 2 is 1.95 bits per heavy atom. The van der Waals surface area contributed by atoms with Crippen LogP contribution in [0.5, 0.6) is 11.5 Å². The predicted molar refractivity (Wildman–Crippen MR) is 83.1 cm³/mol. The second-order valence-corrected chi connectivity index (χ2v) is 5.15. The molecular formula is C16H27N2O3+. The van der Waals surface area contributed by atoms with E-state index in [9.17, 15) is 4.79 Å². The zero-order chi connectivity index (χ0) is 15.8. The second kappa shape index (κ2) is 8.52. The number of nitrogens with one attached hydrogen (secondary N) is 2. The van der Waals surface area contributed by atoms with Gasteiger partial charge in [-0.25, -0.2) is 0 Å². The van der Waals surface area contributed by atoms with Gasteiger partial charge in [-0.15, -0.1) is 0 Å². The summed E-state index contributed by atoms with van der Waals surface area (Å²) in [6, 6.07) is 5.88. The summed E-state index contributed by atoms with van der Waals surface area (Å²) in [5.74, 6) is 1.57. The number of benzene rings is 1. The molecule has 0 aromatic heterocycles. The molecule has 0 saturated heterocycles. The quantitative estimate of drug-likeness (QED) is 0.724. The van der Waals surface area contributed by atoms with Gasteiger partial charge in [0.2, 0.25) is 0 Å². The molecule has 0 aliphatic carbocycles. The molecule has 1 rings (SSSR count).